The first-order valence-electron chi connectivity index (χ1n) is 4.03. The second-order valence-corrected chi connectivity index (χ2v) is 2.81. The number of halogens is 2. The van der Waals surface area contributed by atoms with Crippen LogP contribution in [-0.4, -0.2) is 18.3 Å². The molecule has 0 aromatic rings. The van der Waals surface area contributed by atoms with Gasteiger partial charge in [0.1, 0.15) is 0 Å². The lowest BCUT2D eigenvalue weighted by Gasteiger charge is -1.78. The highest BCUT2D eigenvalue weighted by Gasteiger charge is 1.97. The molecular weight excluding hydrogens is 223 g/mol. The van der Waals surface area contributed by atoms with Gasteiger partial charge in [0.2, 0.25) is 0 Å². The van der Waals surface area contributed by atoms with E-state index in [4.69, 9.17) is 22.6 Å². The van der Waals surface area contributed by atoms with E-state index >= 15 is 0 Å². The summed E-state index contributed by atoms with van der Waals surface area (Å²) in [6.45, 7) is 0.950. The van der Waals surface area contributed by atoms with E-state index < -0.39 is 0 Å². The minimum Gasteiger partial charge on any atom is -0.387 e. The molecule has 4 nitrogen and oxygen atoms in total. The van der Waals surface area contributed by atoms with E-state index in [1.54, 1.807) is 0 Å². The molecule has 0 saturated carbocycles. The van der Waals surface area contributed by atoms with Gasteiger partial charge in [-0.2, -0.15) is 5.26 Å². The predicted octanol–water partition coefficient (Wildman–Crippen LogP) is 2.25. The number of amidine groups is 1. The van der Waals surface area contributed by atoms with Gasteiger partial charge in [0, 0.05) is 25.3 Å². The second kappa shape index (κ2) is 15.0. The monoisotopic (exact) mass is 240 g/mol. The Labute approximate surface area is 96.5 Å². The summed E-state index contributed by atoms with van der Waals surface area (Å²) >= 11 is 5.23. The normalized spacial score (nSPS) is 12.1. The van der Waals surface area contributed by atoms with E-state index in [-0.39, 0.29) is 18.6 Å². The van der Waals surface area contributed by atoms with E-state index in [0.29, 0.717) is 12.3 Å². The van der Waals surface area contributed by atoms with Gasteiger partial charge >= 0.3 is 0 Å². The van der Waals surface area contributed by atoms with Crippen LogP contribution in [0.1, 0.15) is 25.7 Å². The third kappa shape index (κ3) is 14.0. The minimum atomic E-state index is 0. The Morgan fingerprint density at radius 2 is 2.21 bits per heavy atom. The van der Waals surface area contributed by atoms with Crippen molar-refractivity contribution in [1.29, 1.82) is 5.26 Å². The van der Waals surface area contributed by atoms with E-state index in [9.17, 15) is 0 Å². The number of hydrogen-bond acceptors (Lipinski definition) is 4. The van der Waals surface area contributed by atoms with Crippen LogP contribution < -0.4 is 11.9 Å². The average molecular weight is 241 g/mol. The van der Waals surface area contributed by atoms with Gasteiger partial charge in [0.05, 0.1) is 11.9 Å². The first-order valence-corrected chi connectivity index (χ1v) is 4.56. The molecule has 0 bridgehead atoms. The molecule has 84 valence electrons. The maximum Gasteiger partial charge on any atom is 0.0937 e. The van der Waals surface area contributed by atoms with Gasteiger partial charge in [-0.05, 0) is 12.8 Å². The van der Waals surface area contributed by atoms with Gasteiger partial charge in [0.15, 0.2) is 0 Å². The zero-order chi connectivity index (χ0) is 9.23. The molecule has 0 amide bonds. The van der Waals surface area contributed by atoms with Crippen LogP contribution in [0.25, 0.3) is 0 Å². The number of aliphatic imine (C=N–C) groups is 1. The molecule has 1 aliphatic heterocycles. The summed E-state index contributed by atoms with van der Waals surface area (Å²) in [6, 6.07) is 1.98. The smallest absolute Gasteiger partial charge is 0.0937 e. The van der Waals surface area contributed by atoms with Crippen molar-refractivity contribution in [2.45, 2.75) is 25.7 Å². The number of unbranched alkanes of at least 4 members (excludes halogenated alkanes) is 1. The predicted molar refractivity (Wildman–Crippen MR) is 63.6 cm³/mol. The highest BCUT2D eigenvalue weighted by molar-refractivity contribution is 6.17. The lowest BCUT2D eigenvalue weighted by Crippen LogP contribution is -2.05. The molecule has 0 spiro atoms. The highest BCUT2D eigenvalue weighted by Crippen LogP contribution is 1.97. The molecule has 0 radical (unpaired) electrons. The van der Waals surface area contributed by atoms with E-state index in [1.807, 2.05) is 6.07 Å². The highest BCUT2D eigenvalue weighted by atomic mass is 35.5. The zero-order valence-corrected chi connectivity index (χ0v) is 9.78. The fourth-order valence-electron chi connectivity index (χ4n) is 0.708. The Kier molecular flexibility index (Phi) is 20.5. The molecule has 0 fully saturated rings. The SMILES string of the molecule is Cl.N.N#CCCCCl.NC1=NCCC1. The van der Waals surface area contributed by atoms with Gasteiger partial charge in [-0.25, -0.2) is 0 Å². The van der Waals surface area contributed by atoms with Crippen molar-refractivity contribution >= 4 is 29.8 Å². The first kappa shape index (κ1) is 19.1. The van der Waals surface area contributed by atoms with Gasteiger partial charge in [-0.1, -0.05) is 0 Å². The van der Waals surface area contributed by atoms with E-state index in [2.05, 4.69) is 4.99 Å². The van der Waals surface area contributed by atoms with Crippen molar-refractivity contribution in [3.8, 4) is 6.07 Å². The van der Waals surface area contributed by atoms with Crippen LogP contribution in [0.2, 0.25) is 0 Å². The molecule has 0 unspecified atom stereocenters. The van der Waals surface area contributed by atoms with Crippen LogP contribution in [0.3, 0.4) is 0 Å². The number of rotatable bonds is 2. The minimum absolute atomic E-state index is 0. The van der Waals surface area contributed by atoms with Crippen molar-refractivity contribution < 1.29 is 0 Å². The summed E-state index contributed by atoms with van der Waals surface area (Å²) in [5.74, 6) is 1.43. The first-order chi connectivity index (χ1) is 5.81. The number of nitriles is 1. The van der Waals surface area contributed by atoms with Crippen molar-refractivity contribution in [1.82, 2.24) is 6.15 Å². The van der Waals surface area contributed by atoms with E-state index in [0.717, 1.165) is 31.6 Å². The summed E-state index contributed by atoms with van der Waals surface area (Å²) in [6.07, 6.45) is 3.58. The molecule has 0 saturated heterocycles. The summed E-state index contributed by atoms with van der Waals surface area (Å²) in [7, 11) is 0. The summed E-state index contributed by atoms with van der Waals surface area (Å²) in [5, 5.41) is 7.89. The van der Waals surface area contributed by atoms with Crippen LogP contribution in [-0.2, 0) is 0 Å². The molecule has 1 rings (SSSR count). The maximum atomic E-state index is 7.89. The third-order valence-corrected chi connectivity index (χ3v) is 1.60. The molecule has 0 atom stereocenters. The summed E-state index contributed by atoms with van der Waals surface area (Å²) < 4.78 is 0. The number of nitrogens with zero attached hydrogens (tertiary/aromatic N) is 2. The van der Waals surface area contributed by atoms with Crippen LogP contribution in [0.15, 0.2) is 4.99 Å². The van der Waals surface area contributed by atoms with Crippen molar-refractivity contribution in [2.75, 3.05) is 12.4 Å². The Balaban J connectivity index is -0.000000151. The molecule has 14 heavy (non-hydrogen) atoms. The largest absolute Gasteiger partial charge is 0.387 e. The lowest BCUT2D eigenvalue weighted by molar-refractivity contribution is 0.950. The van der Waals surface area contributed by atoms with Crippen molar-refractivity contribution in [2.24, 2.45) is 10.7 Å². The molecule has 0 aromatic heterocycles. The van der Waals surface area contributed by atoms with Gasteiger partial charge in [0.25, 0.3) is 0 Å². The van der Waals surface area contributed by atoms with Crippen LogP contribution in [0.5, 0.6) is 0 Å². The van der Waals surface area contributed by atoms with Gasteiger partial charge in [-0.3, -0.25) is 4.99 Å². The second-order valence-electron chi connectivity index (χ2n) is 2.43. The van der Waals surface area contributed by atoms with Crippen molar-refractivity contribution in [3.63, 3.8) is 0 Å². The zero-order valence-electron chi connectivity index (χ0n) is 8.21. The molecule has 6 heteroatoms. The third-order valence-electron chi connectivity index (χ3n) is 1.33. The number of hydrogen-bond donors (Lipinski definition) is 2. The van der Waals surface area contributed by atoms with Crippen molar-refractivity contribution in [3.05, 3.63) is 0 Å². The maximum absolute atomic E-state index is 7.89. The molecule has 1 aliphatic rings. The Hall–Kier alpha value is -0.500. The molecule has 1 heterocycles. The fraction of sp³-hybridized carbons (Fsp3) is 0.750. The quantitative estimate of drug-likeness (QED) is 0.573. The van der Waals surface area contributed by atoms with Crippen LogP contribution >= 0.6 is 24.0 Å². The van der Waals surface area contributed by atoms with E-state index in [1.165, 1.54) is 0 Å². The van der Waals surface area contributed by atoms with Gasteiger partial charge < -0.3 is 11.9 Å². The fourth-order valence-corrected chi connectivity index (χ4v) is 0.841. The van der Waals surface area contributed by atoms with Crippen LogP contribution in [0, 0.1) is 11.3 Å². The Bertz CT molecular complexity index is 177. The summed E-state index contributed by atoms with van der Waals surface area (Å²) in [4.78, 5) is 3.93. The lowest BCUT2D eigenvalue weighted by atomic mass is 10.3. The summed E-state index contributed by atoms with van der Waals surface area (Å²) in [5.41, 5.74) is 5.28. The Morgan fingerprint density at radius 3 is 2.36 bits per heavy atom. The van der Waals surface area contributed by atoms with Gasteiger partial charge in [-0.15, -0.1) is 24.0 Å². The molecule has 0 aliphatic carbocycles. The standard InChI is InChI=1S/C4H6ClN.C4H8N2.ClH.H3N/c5-3-1-2-4-6;5-4-2-1-3-6-4;;/h1-3H2;1-3H2,(H2,5,6);1H;1H3. The Morgan fingerprint density at radius 1 is 1.57 bits per heavy atom. The van der Waals surface area contributed by atoms with Crippen LogP contribution in [0.4, 0.5) is 0 Å². The topological polar surface area (TPSA) is 97.2 Å². The number of nitrogens with two attached hydrogens (primary N) is 1. The molecule has 5 N–H and O–H groups in total. The average Bonchev–Trinajstić information content (AvgIpc) is 2.53. The molecule has 0 aromatic carbocycles. The molecular formula is C8H18Cl2N4. The number of alkyl halides is 1.